The van der Waals surface area contributed by atoms with E-state index >= 15 is 0 Å². The van der Waals surface area contributed by atoms with Gasteiger partial charge in [0.2, 0.25) is 0 Å². The van der Waals surface area contributed by atoms with Crippen LogP contribution in [0.5, 0.6) is 0 Å². The molecule has 1 amide bonds. The second-order valence-electron chi connectivity index (χ2n) is 3.72. The lowest BCUT2D eigenvalue weighted by Gasteiger charge is -2.09. The van der Waals surface area contributed by atoms with E-state index in [4.69, 9.17) is 0 Å². The summed E-state index contributed by atoms with van der Waals surface area (Å²) in [5.74, 6) is -0.165. The predicted molar refractivity (Wildman–Crippen MR) is 54.5 cm³/mol. The highest BCUT2D eigenvalue weighted by atomic mass is 16.5. The highest BCUT2D eigenvalue weighted by molar-refractivity contribution is 5.91. The molecule has 0 aliphatic carbocycles. The molecule has 15 heavy (non-hydrogen) atoms. The van der Waals surface area contributed by atoms with E-state index in [1.165, 1.54) is 19.1 Å². The van der Waals surface area contributed by atoms with Gasteiger partial charge in [-0.25, -0.2) is 0 Å². The number of carbonyl (C=O) groups is 1. The first-order chi connectivity index (χ1) is 7.36. The minimum atomic E-state index is -0.165. The molecule has 82 valence electrons. The first-order valence-electron chi connectivity index (χ1n) is 5.28. The van der Waals surface area contributed by atoms with E-state index in [1.54, 1.807) is 6.07 Å². The number of nitrogens with zero attached hydrogens (tertiary/aromatic N) is 1. The molecule has 0 saturated carbocycles. The number of hydrogen-bond acceptors (Lipinski definition) is 4. The summed E-state index contributed by atoms with van der Waals surface area (Å²) in [6.45, 7) is 1.78. The van der Waals surface area contributed by atoms with E-state index in [0.717, 1.165) is 13.0 Å². The molecule has 0 spiro atoms. The molecule has 2 heterocycles. The monoisotopic (exact) mass is 209 g/mol. The quantitative estimate of drug-likeness (QED) is 0.759. The maximum Gasteiger partial charge on any atom is 0.273 e. The molecule has 1 fully saturated rings. The topological polar surface area (TPSA) is 67.2 Å². The number of nitrogens with one attached hydrogen (secondary N) is 2. The van der Waals surface area contributed by atoms with Crippen molar-refractivity contribution in [3.05, 3.63) is 18.0 Å². The van der Waals surface area contributed by atoms with Crippen LogP contribution < -0.4 is 10.6 Å². The fourth-order valence-corrected chi connectivity index (χ4v) is 1.78. The van der Waals surface area contributed by atoms with Crippen LogP contribution in [-0.2, 0) is 0 Å². The Labute approximate surface area is 88.2 Å². The SMILES string of the molecule is O=C(NCC[C@@H]1CCCN1)c1ccon1. The lowest BCUT2D eigenvalue weighted by molar-refractivity contribution is 0.0943. The molecule has 0 bridgehead atoms. The molecule has 0 radical (unpaired) electrons. The van der Waals surface area contributed by atoms with Gasteiger partial charge in [-0.1, -0.05) is 5.16 Å². The summed E-state index contributed by atoms with van der Waals surface area (Å²) in [7, 11) is 0. The second kappa shape index (κ2) is 4.93. The Morgan fingerprint density at radius 3 is 3.33 bits per heavy atom. The van der Waals surface area contributed by atoms with Crippen molar-refractivity contribution < 1.29 is 9.32 Å². The number of aromatic nitrogens is 1. The van der Waals surface area contributed by atoms with Crippen molar-refractivity contribution in [3.8, 4) is 0 Å². The van der Waals surface area contributed by atoms with Gasteiger partial charge >= 0.3 is 0 Å². The zero-order valence-corrected chi connectivity index (χ0v) is 8.53. The van der Waals surface area contributed by atoms with Gasteiger partial charge in [-0.05, 0) is 25.8 Å². The van der Waals surface area contributed by atoms with Crippen LogP contribution >= 0.6 is 0 Å². The van der Waals surface area contributed by atoms with Crippen molar-refractivity contribution in [2.24, 2.45) is 0 Å². The molecule has 1 aromatic heterocycles. The van der Waals surface area contributed by atoms with Gasteiger partial charge in [-0.3, -0.25) is 4.79 Å². The third-order valence-electron chi connectivity index (χ3n) is 2.61. The first-order valence-corrected chi connectivity index (χ1v) is 5.28. The zero-order valence-electron chi connectivity index (χ0n) is 8.53. The lowest BCUT2D eigenvalue weighted by atomic mass is 10.1. The van der Waals surface area contributed by atoms with E-state index in [9.17, 15) is 4.79 Å². The molecule has 2 rings (SSSR count). The van der Waals surface area contributed by atoms with Crippen molar-refractivity contribution >= 4 is 5.91 Å². The molecule has 5 nitrogen and oxygen atoms in total. The molecular weight excluding hydrogens is 194 g/mol. The van der Waals surface area contributed by atoms with Gasteiger partial charge in [0.1, 0.15) is 6.26 Å². The normalized spacial score (nSPS) is 20.4. The molecule has 1 atom stereocenters. The average Bonchev–Trinajstić information content (AvgIpc) is 2.90. The van der Waals surface area contributed by atoms with Crippen LogP contribution in [0.1, 0.15) is 29.8 Å². The van der Waals surface area contributed by atoms with Crippen molar-refractivity contribution in [3.63, 3.8) is 0 Å². The van der Waals surface area contributed by atoms with Gasteiger partial charge in [0, 0.05) is 18.7 Å². The number of hydrogen-bond donors (Lipinski definition) is 2. The maximum absolute atomic E-state index is 11.4. The van der Waals surface area contributed by atoms with Crippen LogP contribution in [0.3, 0.4) is 0 Å². The van der Waals surface area contributed by atoms with Gasteiger partial charge in [0.15, 0.2) is 5.69 Å². The Balaban J connectivity index is 1.67. The van der Waals surface area contributed by atoms with E-state index in [0.29, 0.717) is 18.3 Å². The highest BCUT2D eigenvalue weighted by Crippen LogP contribution is 2.07. The summed E-state index contributed by atoms with van der Waals surface area (Å²) >= 11 is 0. The van der Waals surface area contributed by atoms with Crippen molar-refractivity contribution in [1.29, 1.82) is 0 Å². The minimum Gasteiger partial charge on any atom is -0.364 e. The first kappa shape index (κ1) is 10.2. The van der Waals surface area contributed by atoms with Crippen molar-refractivity contribution in [2.75, 3.05) is 13.1 Å². The molecule has 1 saturated heterocycles. The lowest BCUT2D eigenvalue weighted by Crippen LogP contribution is -2.30. The van der Waals surface area contributed by atoms with Gasteiger partial charge in [0.05, 0.1) is 0 Å². The molecule has 1 aromatic rings. The number of amides is 1. The molecule has 0 unspecified atom stereocenters. The largest absolute Gasteiger partial charge is 0.364 e. The molecule has 5 heteroatoms. The third kappa shape index (κ3) is 2.79. The molecule has 1 aliphatic heterocycles. The molecule has 1 aliphatic rings. The summed E-state index contributed by atoms with van der Waals surface area (Å²) in [4.78, 5) is 11.4. The smallest absolute Gasteiger partial charge is 0.273 e. The van der Waals surface area contributed by atoms with Gasteiger partial charge in [-0.15, -0.1) is 0 Å². The van der Waals surface area contributed by atoms with Crippen LogP contribution in [0, 0.1) is 0 Å². The Bertz CT molecular complexity index is 304. The van der Waals surface area contributed by atoms with E-state index in [1.807, 2.05) is 0 Å². The fraction of sp³-hybridized carbons (Fsp3) is 0.600. The standard InChI is InChI=1S/C10H15N3O2/c14-10(9-4-7-15-13-9)12-6-3-8-2-1-5-11-8/h4,7-8,11H,1-3,5-6H2,(H,12,14)/t8-/m0/s1. The molecular formula is C10H15N3O2. The van der Waals surface area contributed by atoms with Crippen molar-refractivity contribution in [2.45, 2.75) is 25.3 Å². The molecule has 2 N–H and O–H groups in total. The summed E-state index contributed by atoms with van der Waals surface area (Å²) in [6, 6.07) is 2.12. The molecule has 0 aromatic carbocycles. The van der Waals surface area contributed by atoms with Crippen LogP contribution in [-0.4, -0.2) is 30.2 Å². The zero-order chi connectivity index (χ0) is 10.5. The Hall–Kier alpha value is -1.36. The van der Waals surface area contributed by atoms with Gasteiger partial charge in [-0.2, -0.15) is 0 Å². The van der Waals surface area contributed by atoms with Crippen LogP contribution in [0.4, 0.5) is 0 Å². The summed E-state index contributed by atoms with van der Waals surface area (Å²) < 4.78 is 4.59. The maximum atomic E-state index is 11.4. The minimum absolute atomic E-state index is 0.165. The predicted octanol–water partition coefficient (Wildman–Crippen LogP) is 0.546. The Morgan fingerprint density at radius 2 is 2.67 bits per heavy atom. The van der Waals surface area contributed by atoms with E-state index < -0.39 is 0 Å². The van der Waals surface area contributed by atoms with Crippen LogP contribution in [0.2, 0.25) is 0 Å². The summed E-state index contributed by atoms with van der Waals surface area (Å²) in [5, 5.41) is 9.75. The van der Waals surface area contributed by atoms with E-state index in [2.05, 4.69) is 20.3 Å². The average molecular weight is 209 g/mol. The fourth-order valence-electron chi connectivity index (χ4n) is 1.78. The summed E-state index contributed by atoms with van der Waals surface area (Å²) in [6.07, 6.45) is 4.82. The van der Waals surface area contributed by atoms with Crippen LogP contribution in [0.25, 0.3) is 0 Å². The van der Waals surface area contributed by atoms with Gasteiger partial charge < -0.3 is 15.2 Å². The Morgan fingerprint density at radius 1 is 1.73 bits per heavy atom. The van der Waals surface area contributed by atoms with E-state index in [-0.39, 0.29) is 5.91 Å². The van der Waals surface area contributed by atoms with Gasteiger partial charge in [0.25, 0.3) is 5.91 Å². The van der Waals surface area contributed by atoms with Crippen LogP contribution in [0.15, 0.2) is 16.9 Å². The second-order valence-corrected chi connectivity index (χ2v) is 3.72. The summed E-state index contributed by atoms with van der Waals surface area (Å²) in [5.41, 5.74) is 0.342. The van der Waals surface area contributed by atoms with Crippen molar-refractivity contribution in [1.82, 2.24) is 15.8 Å². The number of carbonyl (C=O) groups excluding carboxylic acids is 1. The highest BCUT2D eigenvalue weighted by Gasteiger charge is 2.14. The Kier molecular flexibility index (Phi) is 3.34. The third-order valence-corrected chi connectivity index (χ3v) is 2.61. The number of rotatable bonds is 4.